The van der Waals surface area contributed by atoms with Gasteiger partial charge in [0.25, 0.3) is 11.8 Å². The molecule has 0 saturated heterocycles. The first kappa shape index (κ1) is 19.3. The van der Waals surface area contributed by atoms with Crippen LogP contribution in [0.5, 0.6) is 0 Å². The van der Waals surface area contributed by atoms with E-state index in [2.05, 4.69) is 15.6 Å². The number of nitrogens with zero attached hydrogens (tertiary/aromatic N) is 1. The van der Waals surface area contributed by atoms with E-state index >= 15 is 0 Å². The molecule has 2 N–H and O–H groups in total. The maximum Gasteiger partial charge on any atom is 0.270 e. The van der Waals surface area contributed by atoms with Gasteiger partial charge in [-0.05, 0) is 61.2 Å². The largest absolute Gasteiger partial charge is 0.347 e. The minimum atomic E-state index is -0.315. The van der Waals surface area contributed by atoms with Crippen molar-refractivity contribution < 1.29 is 9.59 Å². The van der Waals surface area contributed by atoms with E-state index in [1.54, 1.807) is 6.07 Å². The molecule has 142 valence electrons. The Kier molecular flexibility index (Phi) is 5.84. The van der Waals surface area contributed by atoms with E-state index < -0.39 is 0 Å². The predicted molar refractivity (Wildman–Crippen MR) is 110 cm³/mol. The van der Waals surface area contributed by atoms with Crippen LogP contribution in [-0.4, -0.2) is 16.8 Å². The van der Waals surface area contributed by atoms with Gasteiger partial charge in [-0.15, -0.1) is 0 Å². The molecule has 1 heterocycles. The van der Waals surface area contributed by atoms with Crippen molar-refractivity contribution in [3.63, 3.8) is 0 Å². The summed E-state index contributed by atoms with van der Waals surface area (Å²) in [5, 5.41) is 5.76. The molecule has 5 heteroatoms. The van der Waals surface area contributed by atoms with Gasteiger partial charge < -0.3 is 10.6 Å². The molecule has 0 aliphatic carbocycles. The number of carbonyl (C=O) groups is 2. The molecule has 0 unspecified atom stereocenters. The molecule has 0 aliphatic heterocycles. The topological polar surface area (TPSA) is 71.1 Å². The first-order valence-corrected chi connectivity index (χ1v) is 9.12. The van der Waals surface area contributed by atoms with Crippen LogP contribution in [0.1, 0.15) is 43.1 Å². The maximum atomic E-state index is 12.6. The lowest BCUT2D eigenvalue weighted by molar-refractivity contribution is 0.0946. The lowest BCUT2D eigenvalue weighted by atomic mass is 10.1. The first-order chi connectivity index (χ1) is 13.5. The zero-order valence-electron chi connectivity index (χ0n) is 16.2. The average molecular weight is 373 g/mol. The van der Waals surface area contributed by atoms with Crippen molar-refractivity contribution in [1.29, 1.82) is 0 Å². The molecule has 1 aromatic heterocycles. The summed E-state index contributed by atoms with van der Waals surface area (Å²) in [4.78, 5) is 29.2. The highest BCUT2D eigenvalue weighted by atomic mass is 16.2. The normalized spacial score (nSPS) is 10.4. The van der Waals surface area contributed by atoms with Crippen molar-refractivity contribution in [2.45, 2.75) is 27.3 Å². The number of rotatable bonds is 5. The minimum Gasteiger partial charge on any atom is -0.347 e. The van der Waals surface area contributed by atoms with Crippen LogP contribution in [0.15, 0.2) is 60.8 Å². The van der Waals surface area contributed by atoms with Gasteiger partial charge >= 0.3 is 0 Å². The summed E-state index contributed by atoms with van der Waals surface area (Å²) in [5.41, 5.74) is 5.62. The molecule has 0 atom stereocenters. The molecule has 0 bridgehead atoms. The fraction of sp³-hybridized carbons (Fsp3) is 0.174. The highest BCUT2D eigenvalue weighted by molar-refractivity contribution is 6.06. The van der Waals surface area contributed by atoms with Gasteiger partial charge in [-0.25, -0.2) is 0 Å². The summed E-state index contributed by atoms with van der Waals surface area (Å²) in [7, 11) is 0. The van der Waals surface area contributed by atoms with Crippen LogP contribution in [0.2, 0.25) is 0 Å². The van der Waals surface area contributed by atoms with Crippen LogP contribution in [-0.2, 0) is 6.54 Å². The standard InChI is InChI=1S/C23H23N3O2/c1-15-8-6-10-20(17(15)3)26-22(27)18-11-12-24-21(13-18)23(28)25-14-19-9-5-4-7-16(19)2/h4-13H,14H2,1-3H3,(H,25,28)(H,26,27). The number of anilines is 1. The van der Waals surface area contributed by atoms with Gasteiger partial charge in [0.1, 0.15) is 5.69 Å². The van der Waals surface area contributed by atoms with E-state index in [-0.39, 0.29) is 17.5 Å². The van der Waals surface area contributed by atoms with E-state index in [0.29, 0.717) is 12.1 Å². The van der Waals surface area contributed by atoms with Crippen molar-refractivity contribution in [3.8, 4) is 0 Å². The van der Waals surface area contributed by atoms with Gasteiger partial charge in [-0.2, -0.15) is 0 Å². The van der Waals surface area contributed by atoms with Crippen molar-refractivity contribution in [2.75, 3.05) is 5.32 Å². The van der Waals surface area contributed by atoms with Crippen LogP contribution in [0.3, 0.4) is 0 Å². The van der Waals surface area contributed by atoms with Gasteiger partial charge in [-0.3, -0.25) is 14.6 Å². The molecule has 3 rings (SSSR count). The van der Waals surface area contributed by atoms with Gasteiger partial charge in [0, 0.05) is 24.0 Å². The summed E-state index contributed by atoms with van der Waals surface area (Å²) in [6.07, 6.45) is 1.47. The Morgan fingerprint density at radius 2 is 1.64 bits per heavy atom. The number of benzene rings is 2. The van der Waals surface area contributed by atoms with Crippen LogP contribution < -0.4 is 10.6 Å². The van der Waals surface area contributed by atoms with Crippen LogP contribution >= 0.6 is 0 Å². The van der Waals surface area contributed by atoms with Crippen molar-refractivity contribution in [3.05, 3.63) is 94.3 Å². The van der Waals surface area contributed by atoms with Crippen LogP contribution in [0.4, 0.5) is 5.69 Å². The van der Waals surface area contributed by atoms with Gasteiger partial charge in [0.15, 0.2) is 0 Å². The van der Waals surface area contributed by atoms with E-state index in [0.717, 1.165) is 27.9 Å². The summed E-state index contributed by atoms with van der Waals surface area (Å²) in [5.74, 6) is -0.589. The second-order valence-electron chi connectivity index (χ2n) is 6.74. The fourth-order valence-electron chi connectivity index (χ4n) is 2.85. The monoisotopic (exact) mass is 373 g/mol. The molecule has 0 saturated carbocycles. The first-order valence-electron chi connectivity index (χ1n) is 9.12. The van der Waals surface area contributed by atoms with Gasteiger partial charge in [0.05, 0.1) is 0 Å². The molecule has 0 radical (unpaired) electrons. The molecule has 3 aromatic rings. The third-order valence-electron chi connectivity index (χ3n) is 4.81. The Morgan fingerprint density at radius 3 is 2.43 bits per heavy atom. The molecule has 2 aromatic carbocycles. The average Bonchev–Trinajstić information content (AvgIpc) is 2.70. The second kappa shape index (κ2) is 8.48. The Morgan fingerprint density at radius 1 is 0.893 bits per heavy atom. The van der Waals surface area contributed by atoms with E-state index in [4.69, 9.17) is 0 Å². The number of aryl methyl sites for hydroxylation is 2. The Labute approximate surface area is 164 Å². The fourth-order valence-corrected chi connectivity index (χ4v) is 2.85. The number of hydrogen-bond donors (Lipinski definition) is 2. The van der Waals surface area contributed by atoms with Gasteiger partial charge in [-0.1, -0.05) is 36.4 Å². The highest BCUT2D eigenvalue weighted by Crippen LogP contribution is 2.19. The lowest BCUT2D eigenvalue weighted by Crippen LogP contribution is -2.25. The summed E-state index contributed by atoms with van der Waals surface area (Å²) in [6.45, 7) is 6.36. The van der Waals surface area contributed by atoms with Crippen molar-refractivity contribution in [1.82, 2.24) is 10.3 Å². The van der Waals surface area contributed by atoms with E-state index in [9.17, 15) is 9.59 Å². The van der Waals surface area contributed by atoms with Crippen LogP contribution in [0, 0.1) is 20.8 Å². The molecule has 5 nitrogen and oxygen atoms in total. The number of nitrogens with one attached hydrogen (secondary N) is 2. The lowest BCUT2D eigenvalue weighted by Gasteiger charge is -2.11. The highest BCUT2D eigenvalue weighted by Gasteiger charge is 2.13. The number of carbonyl (C=O) groups excluding carboxylic acids is 2. The Hall–Kier alpha value is -3.47. The molecule has 0 spiro atoms. The number of aromatic nitrogens is 1. The van der Waals surface area contributed by atoms with Crippen LogP contribution in [0.25, 0.3) is 0 Å². The predicted octanol–water partition coefficient (Wildman–Crippen LogP) is 4.19. The van der Waals surface area contributed by atoms with E-state index in [1.165, 1.54) is 12.3 Å². The zero-order valence-corrected chi connectivity index (χ0v) is 16.2. The van der Waals surface area contributed by atoms with Crippen molar-refractivity contribution >= 4 is 17.5 Å². The Bertz CT molecular complexity index is 1030. The molecule has 2 amide bonds. The van der Waals surface area contributed by atoms with E-state index in [1.807, 2.05) is 63.2 Å². The minimum absolute atomic E-state index is 0.210. The second-order valence-corrected chi connectivity index (χ2v) is 6.74. The third-order valence-corrected chi connectivity index (χ3v) is 4.81. The summed E-state index contributed by atoms with van der Waals surface area (Å²) >= 11 is 0. The number of pyridine rings is 1. The molecule has 0 fully saturated rings. The van der Waals surface area contributed by atoms with Crippen molar-refractivity contribution in [2.24, 2.45) is 0 Å². The number of amides is 2. The number of hydrogen-bond acceptors (Lipinski definition) is 3. The van der Waals surface area contributed by atoms with Gasteiger partial charge in [0.2, 0.25) is 0 Å². The maximum absolute atomic E-state index is 12.6. The third kappa shape index (κ3) is 4.43. The SMILES string of the molecule is Cc1ccccc1CNC(=O)c1cc(C(=O)Nc2cccc(C)c2C)ccn1. The quantitative estimate of drug-likeness (QED) is 0.704. The Balaban J connectivity index is 1.70. The molecular weight excluding hydrogens is 350 g/mol. The summed E-state index contributed by atoms with van der Waals surface area (Å²) in [6, 6.07) is 16.7. The molecule has 28 heavy (non-hydrogen) atoms. The summed E-state index contributed by atoms with van der Waals surface area (Å²) < 4.78 is 0. The smallest absolute Gasteiger partial charge is 0.270 e. The zero-order chi connectivity index (χ0) is 20.1. The molecular formula is C23H23N3O2. The molecule has 0 aliphatic rings.